The van der Waals surface area contributed by atoms with Gasteiger partial charge in [-0.25, -0.2) is 4.39 Å². The van der Waals surface area contributed by atoms with Crippen molar-refractivity contribution in [3.05, 3.63) is 89.8 Å². The lowest BCUT2D eigenvalue weighted by Crippen LogP contribution is -2.43. The number of nitrogens with zero attached hydrogens (tertiary/aromatic N) is 2. The Bertz CT molecular complexity index is 1850. The fraction of sp³-hybridized carbons (Fsp3) is 0.250. The quantitative estimate of drug-likeness (QED) is 0.148. The average Bonchev–Trinajstić information content (AvgIpc) is 3.45. The molecule has 14 heteroatoms. The van der Waals surface area contributed by atoms with E-state index in [0.717, 1.165) is 21.9 Å². The summed E-state index contributed by atoms with van der Waals surface area (Å²) in [7, 11) is -3.66. The van der Waals surface area contributed by atoms with E-state index in [1.807, 2.05) is 0 Å². The summed E-state index contributed by atoms with van der Waals surface area (Å²) in [5.41, 5.74) is 1.40. The number of hydrogen-bond acceptors (Lipinski definition) is 9. The third-order valence-electron chi connectivity index (χ3n) is 9.83. The summed E-state index contributed by atoms with van der Waals surface area (Å²) in [5.74, 6) is -8.81. The Labute approximate surface area is 262 Å². The van der Waals surface area contributed by atoms with Crippen LogP contribution < -0.4 is 20.7 Å². The van der Waals surface area contributed by atoms with Crippen molar-refractivity contribution in [2.75, 3.05) is 9.80 Å². The monoisotopic (exact) mass is 624 g/mol. The van der Waals surface area contributed by atoms with Crippen molar-refractivity contribution in [3.8, 4) is 5.75 Å². The highest BCUT2D eigenvalue weighted by molar-refractivity contribution is 6.59. The molecule has 2 heterocycles. The first kappa shape index (κ1) is 30.1. The van der Waals surface area contributed by atoms with Crippen molar-refractivity contribution >= 4 is 60.2 Å². The largest absolute Gasteiger partial charge is 0.505 e. The maximum Gasteiger partial charge on any atom is 0.488 e. The zero-order chi connectivity index (χ0) is 32.6. The van der Waals surface area contributed by atoms with Crippen LogP contribution in [0.1, 0.15) is 24.3 Å². The van der Waals surface area contributed by atoms with E-state index >= 15 is 0 Å². The molecule has 3 fully saturated rings. The van der Waals surface area contributed by atoms with E-state index in [2.05, 4.69) is 0 Å². The van der Waals surface area contributed by atoms with E-state index < -0.39 is 84.9 Å². The van der Waals surface area contributed by atoms with Crippen molar-refractivity contribution in [2.45, 2.75) is 18.8 Å². The summed E-state index contributed by atoms with van der Waals surface area (Å²) in [6, 6.07) is 15.3. The van der Waals surface area contributed by atoms with Gasteiger partial charge in [0.15, 0.2) is 11.6 Å². The molecule has 0 radical (unpaired) electrons. The van der Waals surface area contributed by atoms with Crippen molar-refractivity contribution in [2.24, 2.45) is 29.6 Å². The first-order valence-electron chi connectivity index (χ1n) is 14.8. The minimum atomic E-state index is -1.84. The first-order chi connectivity index (χ1) is 22.0. The highest BCUT2D eigenvalue weighted by Gasteiger charge is 2.62. The van der Waals surface area contributed by atoms with E-state index in [0.29, 0.717) is 11.1 Å². The van der Waals surface area contributed by atoms with Crippen LogP contribution in [0.25, 0.3) is 0 Å². The number of phenols is 1. The molecule has 3 aromatic carbocycles. The molecule has 1 saturated carbocycles. The van der Waals surface area contributed by atoms with Gasteiger partial charge in [-0.3, -0.25) is 29.0 Å². The number of benzene rings is 3. The van der Waals surface area contributed by atoms with Crippen LogP contribution in [0.4, 0.5) is 15.8 Å². The van der Waals surface area contributed by atoms with E-state index in [1.54, 1.807) is 6.08 Å². The molecule has 5 N–H and O–H groups in total. The minimum absolute atomic E-state index is 0.0559. The van der Waals surface area contributed by atoms with Gasteiger partial charge in [0.25, 0.3) is 0 Å². The molecule has 6 unspecified atom stereocenters. The number of fused-ring (bicyclic) bond motifs is 4. The molecule has 2 aliphatic heterocycles. The summed E-state index contributed by atoms with van der Waals surface area (Å²) >= 11 is 0. The molecular weight excluding hydrogens is 597 g/mol. The number of carbonyl (C=O) groups is 4. The second-order valence-electron chi connectivity index (χ2n) is 12.2. The van der Waals surface area contributed by atoms with Crippen molar-refractivity contribution in [1.82, 2.24) is 0 Å². The topological polar surface area (TPSA) is 176 Å². The Morgan fingerprint density at radius 3 is 1.80 bits per heavy atom. The Morgan fingerprint density at radius 1 is 0.674 bits per heavy atom. The Balaban J connectivity index is 1.32. The number of rotatable bonds is 5. The number of amides is 4. The molecule has 4 amide bonds. The number of phenolic OH excluding ortho intramolecular Hbond substituents is 1. The number of aromatic hydroxyl groups is 1. The molecular formula is C32H27B2FN2O9. The van der Waals surface area contributed by atoms with Crippen molar-refractivity contribution in [1.29, 1.82) is 0 Å². The Hall–Kier alpha value is -4.62. The number of halogens is 1. The summed E-state index contributed by atoms with van der Waals surface area (Å²) in [6.45, 7) is 0. The number of allylic oxidation sites excluding steroid dienone is 2. The lowest BCUT2D eigenvalue weighted by molar-refractivity contribution is -0.126. The lowest BCUT2D eigenvalue weighted by Gasteiger charge is -2.44. The van der Waals surface area contributed by atoms with Crippen molar-refractivity contribution < 1.29 is 48.8 Å². The van der Waals surface area contributed by atoms with Gasteiger partial charge in [-0.15, -0.1) is 0 Å². The maximum atomic E-state index is 14.8. The second kappa shape index (κ2) is 11.0. The smallest absolute Gasteiger partial charge is 0.488 e. The van der Waals surface area contributed by atoms with Gasteiger partial charge in [-0.1, -0.05) is 42.0 Å². The van der Waals surface area contributed by atoms with E-state index in [1.165, 1.54) is 54.6 Å². The van der Waals surface area contributed by atoms with Gasteiger partial charge < -0.3 is 25.2 Å². The normalized spacial score (nSPS) is 26.9. The lowest BCUT2D eigenvalue weighted by atomic mass is 9.57. The maximum absolute atomic E-state index is 14.8. The van der Waals surface area contributed by atoms with Crippen LogP contribution in [0, 0.1) is 35.4 Å². The van der Waals surface area contributed by atoms with Gasteiger partial charge in [0.05, 0.1) is 35.0 Å². The number of imide groups is 2. The zero-order valence-corrected chi connectivity index (χ0v) is 24.1. The molecule has 0 bridgehead atoms. The predicted molar refractivity (Wildman–Crippen MR) is 163 cm³/mol. The van der Waals surface area contributed by atoms with Crippen LogP contribution in [0.5, 0.6) is 5.75 Å². The fourth-order valence-electron chi connectivity index (χ4n) is 7.84. The third-order valence-corrected chi connectivity index (χ3v) is 9.83. The molecule has 6 atom stereocenters. The Morgan fingerprint density at radius 2 is 1.24 bits per heavy atom. The van der Waals surface area contributed by atoms with Crippen LogP contribution in [-0.4, -0.2) is 63.1 Å². The molecule has 232 valence electrons. The van der Waals surface area contributed by atoms with Crippen LogP contribution in [0.3, 0.4) is 0 Å². The van der Waals surface area contributed by atoms with Gasteiger partial charge in [-0.05, 0) is 71.6 Å². The molecule has 2 saturated heterocycles. The van der Waals surface area contributed by atoms with Gasteiger partial charge >= 0.3 is 14.2 Å². The summed E-state index contributed by atoms with van der Waals surface area (Å²) in [6.07, 6.45) is 2.00. The van der Waals surface area contributed by atoms with E-state index in [9.17, 15) is 48.8 Å². The van der Waals surface area contributed by atoms with E-state index in [-0.39, 0.29) is 35.1 Å². The van der Waals surface area contributed by atoms with Gasteiger partial charge in [0.1, 0.15) is 0 Å². The average molecular weight is 624 g/mol. The predicted octanol–water partition coefficient (Wildman–Crippen LogP) is -0.0639. The molecule has 11 nitrogen and oxygen atoms in total. The zero-order valence-electron chi connectivity index (χ0n) is 24.1. The highest BCUT2D eigenvalue weighted by Crippen LogP contribution is 2.58. The molecule has 2 aliphatic carbocycles. The third kappa shape index (κ3) is 4.51. The molecule has 7 rings (SSSR count). The summed E-state index contributed by atoms with van der Waals surface area (Å²) in [4.78, 5) is 58.0. The number of hydrogen-bond donors (Lipinski definition) is 5. The molecule has 0 spiro atoms. The van der Waals surface area contributed by atoms with Crippen LogP contribution in [-0.2, 0) is 19.2 Å². The van der Waals surface area contributed by atoms with Gasteiger partial charge in [0.2, 0.25) is 23.6 Å². The summed E-state index contributed by atoms with van der Waals surface area (Å²) in [5, 5.41) is 48.7. The second-order valence-corrected chi connectivity index (χ2v) is 12.2. The van der Waals surface area contributed by atoms with Crippen LogP contribution in [0.15, 0.2) is 78.4 Å². The van der Waals surface area contributed by atoms with Crippen LogP contribution in [0.2, 0.25) is 0 Å². The van der Waals surface area contributed by atoms with Gasteiger partial charge in [0, 0.05) is 5.92 Å². The van der Waals surface area contributed by atoms with E-state index in [4.69, 9.17) is 0 Å². The minimum Gasteiger partial charge on any atom is -0.505 e. The summed E-state index contributed by atoms with van der Waals surface area (Å²) < 4.78 is 14.8. The molecule has 0 aromatic heterocycles. The molecule has 4 aliphatic rings. The van der Waals surface area contributed by atoms with Gasteiger partial charge in [-0.2, -0.15) is 0 Å². The number of anilines is 2. The fourth-order valence-corrected chi connectivity index (χ4v) is 7.84. The standard InChI is InChI=1S/C32H27B2FN2O9/c35-24-11-15(7-10-25(24)38)26-20-8-9-21-27(31(41)36(29(21)39)18-5-1-3-16(12-18)33(43)44)22(20)14-23-28(26)32(42)37(30(23)40)19-6-2-4-17(13-19)34(45)46/h1-8,10-13,21-23,26-28,38,43-46H,9,14H2. The SMILES string of the molecule is O=C1C2CC=C3C(CC4C(=O)N(c5cccc(B(O)O)c5)C(=O)C4C3c3ccc(O)c(F)c3)C2C(=O)N1c1cccc(B(O)O)c1. The van der Waals surface area contributed by atoms with Crippen LogP contribution >= 0.6 is 0 Å². The molecule has 46 heavy (non-hydrogen) atoms. The number of carbonyl (C=O) groups excluding carboxylic acids is 4. The first-order valence-corrected chi connectivity index (χ1v) is 14.8. The molecule has 3 aromatic rings. The van der Waals surface area contributed by atoms with Crippen molar-refractivity contribution in [3.63, 3.8) is 0 Å². The highest BCUT2D eigenvalue weighted by atomic mass is 19.1. The Kier molecular flexibility index (Phi) is 7.20.